The molecule has 1 heterocycles. The molecule has 3 rings (SSSR count). The minimum atomic E-state index is -0.715. The van der Waals surface area contributed by atoms with E-state index in [1.165, 1.54) is 19.4 Å². The molecule has 0 saturated heterocycles. The molecule has 0 aliphatic rings. The molecule has 8 heteroatoms. The summed E-state index contributed by atoms with van der Waals surface area (Å²) in [7, 11) is 1.53. The molecule has 0 unspecified atom stereocenters. The number of nitrogens with zero attached hydrogens (tertiary/aromatic N) is 2. The van der Waals surface area contributed by atoms with Gasteiger partial charge in [0, 0.05) is 23.4 Å². The van der Waals surface area contributed by atoms with Gasteiger partial charge in [0.2, 0.25) is 5.95 Å². The standard InChI is InChI=1S/C18H15ClF2N4O/c1-10-7-15(16(26-2)9-12(10)19)24-18-22-6-5-17(25-18)23-14-4-3-11(20)8-13(14)21/h3-9H,1-2H3,(H2,22,23,24,25). The topological polar surface area (TPSA) is 59.1 Å². The van der Waals surface area contributed by atoms with Crippen LogP contribution < -0.4 is 15.4 Å². The molecule has 0 radical (unpaired) electrons. The summed E-state index contributed by atoms with van der Waals surface area (Å²) in [6.07, 6.45) is 1.51. The molecule has 0 amide bonds. The minimum absolute atomic E-state index is 0.107. The molecule has 26 heavy (non-hydrogen) atoms. The average molecular weight is 377 g/mol. The van der Waals surface area contributed by atoms with Crippen LogP contribution in [0.2, 0.25) is 5.02 Å². The Kier molecular flexibility index (Phi) is 5.18. The van der Waals surface area contributed by atoms with Gasteiger partial charge < -0.3 is 15.4 Å². The van der Waals surface area contributed by atoms with Gasteiger partial charge in [0.25, 0.3) is 0 Å². The molecular weight excluding hydrogens is 362 g/mol. The second-order valence-corrected chi connectivity index (χ2v) is 5.85. The lowest BCUT2D eigenvalue weighted by atomic mass is 10.2. The number of aromatic nitrogens is 2. The maximum atomic E-state index is 13.8. The largest absolute Gasteiger partial charge is 0.495 e. The second kappa shape index (κ2) is 7.53. The number of hydrogen-bond donors (Lipinski definition) is 2. The number of aryl methyl sites for hydroxylation is 1. The van der Waals surface area contributed by atoms with Crippen molar-refractivity contribution < 1.29 is 13.5 Å². The fourth-order valence-corrected chi connectivity index (χ4v) is 2.42. The molecule has 5 nitrogen and oxygen atoms in total. The highest BCUT2D eigenvalue weighted by Gasteiger charge is 2.10. The molecule has 0 aliphatic heterocycles. The van der Waals surface area contributed by atoms with Crippen molar-refractivity contribution in [1.82, 2.24) is 9.97 Å². The van der Waals surface area contributed by atoms with Crippen LogP contribution in [-0.2, 0) is 0 Å². The zero-order valence-electron chi connectivity index (χ0n) is 14.0. The van der Waals surface area contributed by atoms with Crippen molar-refractivity contribution in [3.8, 4) is 5.75 Å². The molecule has 0 aliphatic carbocycles. The van der Waals surface area contributed by atoms with Crippen molar-refractivity contribution in [2.75, 3.05) is 17.7 Å². The van der Waals surface area contributed by atoms with E-state index >= 15 is 0 Å². The van der Waals surface area contributed by atoms with Gasteiger partial charge in [-0.05, 0) is 36.8 Å². The quantitative estimate of drug-likeness (QED) is 0.640. The Balaban J connectivity index is 1.85. The Morgan fingerprint density at radius 3 is 2.58 bits per heavy atom. The number of ether oxygens (including phenoxy) is 1. The lowest BCUT2D eigenvalue weighted by Crippen LogP contribution is -2.03. The van der Waals surface area contributed by atoms with Gasteiger partial charge in [0.1, 0.15) is 23.2 Å². The molecule has 0 bridgehead atoms. The second-order valence-electron chi connectivity index (χ2n) is 5.44. The van der Waals surface area contributed by atoms with Crippen molar-refractivity contribution in [3.63, 3.8) is 0 Å². The van der Waals surface area contributed by atoms with E-state index < -0.39 is 11.6 Å². The van der Waals surface area contributed by atoms with Gasteiger partial charge in [0.15, 0.2) is 0 Å². The molecule has 0 atom stereocenters. The summed E-state index contributed by atoms with van der Waals surface area (Å²) in [5.74, 6) is -0.209. The first-order valence-electron chi connectivity index (χ1n) is 7.62. The Morgan fingerprint density at radius 1 is 1.04 bits per heavy atom. The van der Waals surface area contributed by atoms with Crippen LogP contribution in [0.1, 0.15) is 5.56 Å². The molecule has 2 aromatic carbocycles. The van der Waals surface area contributed by atoms with E-state index in [2.05, 4.69) is 20.6 Å². The van der Waals surface area contributed by atoms with Crippen LogP contribution in [-0.4, -0.2) is 17.1 Å². The number of methoxy groups -OCH3 is 1. The Morgan fingerprint density at radius 2 is 1.85 bits per heavy atom. The van der Waals surface area contributed by atoms with Gasteiger partial charge in [-0.2, -0.15) is 4.98 Å². The van der Waals surface area contributed by atoms with Crippen molar-refractivity contribution >= 4 is 34.7 Å². The first kappa shape index (κ1) is 17.9. The summed E-state index contributed by atoms with van der Waals surface area (Å²) < 4.78 is 32.1. The Labute approximate surface area is 154 Å². The van der Waals surface area contributed by atoms with Crippen LogP contribution in [0.5, 0.6) is 5.75 Å². The Hall–Kier alpha value is -2.93. The van der Waals surface area contributed by atoms with Gasteiger partial charge >= 0.3 is 0 Å². The van der Waals surface area contributed by atoms with E-state index in [1.807, 2.05) is 13.0 Å². The monoisotopic (exact) mass is 376 g/mol. The zero-order chi connectivity index (χ0) is 18.7. The average Bonchev–Trinajstić information content (AvgIpc) is 2.61. The maximum absolute atomic E-state index is 13.8. The van der Waals surface area contributed by atoms with Crippen LogP contribution in [0.3, 0.4) is 0 Å². The van der Waals surface area contributed by atoms with E-state index in [0.717, 1.165) is 17.7 Å². The number of hydrogen-bond acceptors (Lipinski definition) is 5. The SMILES string of the molecule is COc1cc(Cl)c(C)cc1Nc1nccc(Nc2ccc(F)cc2F)n1. The predicted molar refractivity (Wildman–Crippen MR) is 97.7 cm³/mol. The number of anilines is 4. The summed E-state index contributed by atoms with van der Waals surface area (Å²) >= 11 is 6.10. The maximum Gasteiger partial charge on any atom is 0.229 e. The number of halogens is 3. The van der Waals surface area contributed by atoms with Crippen LogP contribution in [0, 0.1) is 18.6 Å². The number of nitrogens with one attached hydrogen (secondary N) is 2. The normalized spacial score (nSPS) is 10.5. The van der Waals surface area contributed by atoms with Crippen molar-refractivity contribution in [3.05, 3.63) is 64.8 Å². The van der Waals surface area contributed by atoms with Crippen molar-refractivity contribution in [2.24, 2.45) is 0 Å². The number of benzene rings is 2. The summed E-state index contributed by atoms with van der Waals surface area (Å²) in [6.45, 7) is 1.86. The zero-order valence-corrected chi connectivity index (χ0v) is 14.7. The Bertz CT molecular complexity index is 952. The van der Waals surface area contributed by atoms with Gasteiger partial charge in [-0.15, -0.1) is 0 Å². The molecule has 1 aromatic heterocycles. The summed E-state index contributed by atoms with van der Waals surface area (Å²) in [4.78, 5) is 8.41. The summed E-state index contributed by atoms with van der Waals surface area (Å²) in [6, 6.07) is 8.32. The van der Waals surface area contributed by atoms with E-state index in [4.69, 9.17) is 16.3 Å². The van der Waals surface area contributed by atoms with Gasteiger partial charge in [-0.1, -0.05) is 11.6 Å². The third kappa shape index (κ3) is 4.00. The fraction of sp³-hybridized carbons (Fsp3) is 0.111. The van der Waals surface area contributed by atoms with Crippen LogP contribution >= 0.6 is 11.6 Å². The molecule has 0 spiro atoms. The van der Waals surface area contributed by atoms with E-state index in [1.54, 1.807) is 12.1 Å². The van der Waals surface area contributed by atoms with Gasteiger partial charge in [-0.25, -0.2) is 13.8 Å². The first-order valence-corrected chi connectivity index (χ1v) is 8.00. The third-order valence-electron chi connectivity index (χ3n) is 3.58. The van der Waals surface area contributed by atoms with Crippen LogP contribution in [0.4, 0.5) is 31.9 Å². The molecule has 0 fully saturated rings. The van der Waals surface area contributed by atoms with Crippen LogP contribution in [0.15, 0.2) is 42.6 Å². The van der Waals surface area contributed by atoms with E-state index in [9.17, 15) is 8.78 Å². The summed E-state index contributed by atoms with van der Waals surface area (Å²) in [5.41, 5.74) is 1.60. The highest BCUT2D eigenvalue weighted by Crippen LogP contribution is 2.32. The molecular formula is C18H15ClF2N4O. The van der Waals surface area contributed by atoms with Crippen molar-refractivity contribution in [1.29, 1.82) is 0 Å². The van der Waals surface area contributed by atoms with Crippen LogP contribution in [0.25, 0.3) is 0 Å². The van der Waals surface area contributed by atoms with E-state index in [-0.39, 0.29) is 11.6 Å². The molecule has 134 valence electrons. The highest BCUT2D eigenvalue weighted by atomic mass is 35.5. The highest BCUT2D eigenvalue weighted by molar-refractivity contribution is 6.31. The smallest absolute Gasteiger partial charge is 0.229 e. The van der Waals surface area contributed by atoms with E-state index in [0.29, 0.717) is 22.3 Å². The molecule has 3 aromatic rings. The fourth-order valence-electron chi connectivity index (χ4n) is 2.27. The lowest BCUT2D eigenvalue weighted by Gasteiger charge is -2.13. The summed E-state index contributed by atoms with van der Waals surface area (Å²) in [5, 5.41) is 6.41. The minimum Gasteiger partial charge on any atom is -0.495 e. The molecule has 0 saturated carbocycles. The van der Waals surface area contributed by atoms with Gasteiger partial charge in [0.05, 0.1) is 18.5 Å². The third-order valence-corrected chi connectivity index (χ3v) is 3.98. The first-order chi connectivity index (χ1) is 12.5. The predicted octanol–water partition coefficient (Wildman–Crippen LogP) is 5.21. The lowest BCUT2D eigenvalue weighted by molar-refractivity contribution is 0.416. The van der Waals surface area contributed by atoms with Gasteiger partial charge in [-0.3, -0.25) is 0 Å². The molecule has 2 N–H and O–H groups in total. The number of rotatable bonds is 5. The van der Waals surface area contributed by atoms with Crippen molar-refractivity contribution in [2.45, 2.75) is 6.92 Å².